The molecule has 0 spiro atoms. The fourth-order valence-electron chi connectivity index (χ4n) is 3.29. The highest BCUT2D eigenvalue weighted by Gasteiger charge is 2.16. The zero-order chi connectivity index (χ0) is 18.2. The molecule has 1 fully saturated rings. The van der Waals surface area contributed by atoms with Crippen LogP contribution < -0.4 is 4.90 Å². The molecule has 0 amide bonds. The van der Waals surface area contributed by atoms with Gasteiger partial charge in [0.25, 0.3) is 0 Å². The predicted molar refractivity (Wildman–Crippen MR) is 111 cm³/mol. The van der Waals surface area contributed by atoms with E-state index in [0.29, 0.717) is 6.42 Å². The van der Waals surface area contributed by atoms with Crippen LogP contribution in [0.3, 0.4) is 0 Å². The number of carbonyl (C=O) groups is 1. The minimum atomic E-state index is 0.219. The SMILES string of the molecule is CCC(=O)c1ccc(SCCCN2CCN(c3ccccc3)CC2)cc1. The molecule has 0 aromatic heterocycles. The Kier molecular flexibility index (Phi) is 7.15. The van der Waals surface area contributed by atoms with Crippen molar-refractivity contribution in [3.05, 3.63) is 60.2 Å². The number of piperazine rings is 1. The van der Waals surface area contributed by atoms with E-state index >= 15 is 0 Å². The molecule has 138 valence electrons. The lowest BCUT2D eigenvalue weighted by Crippen LogP contribution is -2.46. The van der Waals surface area contributed by atoms with Crippen LogP contribution in [0.5, 0.6) is 0 Å². The lowest BCUT2D eigenvalue weighted by Gasteiger charge is -2.36. The average Bonchev–Trinajstić information content (AvgIpc) is 2.72. The van der Waals surface area contributed by atoms with Crippen molar-refractivity contribution in [1.29, 1.82) is 0 Å². The summed E-state index contributed by atoms with van der Waals surface area (Å²) in [6.45, 7) is 7.60. The Balaban J connectivity index is 1.34. The number of hydrogen-bond acceptors (Lipinski definition) is 4. The molecule has 2 aromatic carbocycles. The Morgan fingerprint density at radius 3 is 2.31 bits per heavy atom. The van der Waals surface area contributed by atoms with Gasteiger partial charge in [0.05, 0.1) is 0 Å². The van der Waals surface area contributed by atoms with Gasteiger partial charge in [-0.05, 0) is 43.0 Å². The van der Waals surface area contributed by atoms with Crippen molar-refractivity contribution < 1.29 is 4.79 Å². The van der Waals surface area contributed by atoms with E-state index in [1.807, 2.05) is 30.8 Å². The van der Waals surface area contributed by atoms with Crippen molar-refractivity contribution in [3.8, 4) is 0 Å². The Morgan fingerprint density at radius 2 is 1.65 bits per heavy atom. The molecule has 1 heterocycles. The summed E-state index contributed by atoms with van der Waals surface area (Å²) in [6, 6.07) is 18.8. The van der Waals surface area contributed by atoms with Crippen LogP contribution in [0.1, 0.15) is 30.1 Å². The molecule has 4 heteroatoms. The van der Waals surface area contributed by atoms with Crippen LogP contribution in [0.25, 0.3) is 0 Å². The van der Waals surface area contributed by atoms with Crippen molar-refractivity contribution in [2.45, 2.75) is 24.7 Å². The second-order valence-corrected chi connectivity index (χ2v) is 7.84. The first-order chi connectivity index (χ1) is 12.8. The summed E-state index contributed by atoms with van der Waals surface area (Å²) in [6.07, 6.45) is 1.77. The molecule has 0 unspecified atom stereocenters. The highest BCUT2D eigenvalue weighted by molar-refractivity contribution is 7.99. The Hall–Kier alpha value is -1.78. The van der Waals surface area contributed by atoms with E-state index in [0.717, 1.165) is 37.5 Å². The second kappa shape index (κ2) is 9.79. The third-order valence-electron chi connectivity index (χ3n) is 4.88. The number of nitrogens with zero attached hydrogens (tertiary/aromatic N) is 2. The van der Waals surface area contributed by atoms with Gasteiger partial charge < -0.3 is 4.90 Å². The van der Waals surface area contributed by atoms with Crippen molar-refractivity contribution >= 4 is 23.2 Å². The molecule has 1 saturated heterocycles. The largest absolute Gasteiger partial charge is 0.369 e. The summed E-state index contributed by atoms with van der Waals surface area (Å²) in [5, 5.41) is 0. The zero-order valence-electron chi connectivity index (χ0n) is 15.6. The van der Waals surface area contributed by atoms with Crippen molar-refractivity contribution in [2.24, 2.45) is 0 Å². The van der Waals surface area contributed by atoms with Crippen LogP contribution in [0.2, 0.25) is 0 Å². The highest BCUT2D eigenvalue weighted by atomic mass is 32.2. The maximum absolute atomic E-state index is 11.7. The minimum absolute atomic E-state index is 0.219. The molecule has 0 bridgehead atoms. The van der Waals surface area contributed by atoms with Gasteiger partial charge in [-0.3, -0.25) is 9.69 Å². The van der Waals surface area contributed by atoms with Gasteiger partial charge in [-0.15, -0.1) is 11.8 Å². The summed E-state index contributed by atoms with van der Waals surface area (Å²) in [5.74, 6) is 1.34. The van der Waals surface area contributed by atoms with E-state index in [9.17, 15) is 4.79 Å². The third-order valence-corrected chi connectivity index (χ3v) is 5.98. The summed E-state index contributed by atoms with van der Waals surface area (Å²) in [7, 11) is 0. The molecule has 0 saturated carbocycles. The zero-order valence-corrected chi connectivity index (χ0v) is 16.4. The number of thioether (sulfide) groups is 1. The molecule has 0 radical (unpaired) electrons. The summed E-state index contributed by atoms with van der Waals surface area (Å²) >= 11 is 1.89. The molecule has 3 rings (SSSR count). The topological polar surface area (TPSA) is 23.6 Å². The predicted octanol–water partition coefficient (Wildman–Crippen LogP) is 4.58. The third kappa shape index (κ3) is 5.36. The highest BCUT2D eigenvalue weighted by Crippen LogP contribution is 2.20. The normalized spacial score (nSPS) is 15.2. The van der Waals surface area contributed by atoms with Gasteiger partial charge in [0.2, 0.25) is 0 Å². The molecule has 0 aliphatic carbocycles. The fraction of sp³-hybridized carbons (Fsp3) is 0.409. The Labute approximate surface area is 161 Å². The summed E-state index contributed by atoms with van der Waals surface area (Å²) in [5.41, 5.74) is 2.17. The summed E-state index contributed by atoms with van der Waals surface area (Å²) < 4.78 is 0. The number of hydrogen-bond donors (Lipinski definition) is 0. The molecular weight excluding hydrogens is 340 g/mol. The van der Waals surface area contributed by atoms with Gasteiger partial charge >= 0.3 is 0 Å². The van der Waals surface area contributed by atoms with Gasteiger partial charge in [-0.25, -0.2) is 0 Å². The minimum Gasteiger partial charge on any atom is -0.369 e. The number of carbonyl (C=O) groups excluding carboxylic acids is 1. The van der Waals surface area contributed by atoms with Crippen LogP contribution in [0, 0.1) is 0 Å². The van der Waals surface area contributed by atoms with Gasteiger partial charge in [0, 0.05) is 48.7 Å². The first-order valence-corrected chi connectivity index (χ1v) is 10.5. The Morgan fingerprint density at radius 1 is 0.962 bits per heavy atom. The average molecular weight is 369 g/mol. The van der Waals surface area contributed by atoms with E-state index in [-0.39, 0.29) is 5.78 Å². The van der Waals surface area contributed by atoms with Crippen molar-refractivity contribution in [1.82, 2.24) is 4.90 Å². The number of para-hydroxylation sites is 1. The molecule has 0 atom stereocenters. The molecule has 1 aliphatic rings. The lowest BCUT2D eigenvalue weighted by atomic mass is 10.1. The first-order valence-electron chi connectivity index (χ1n) is 9.54. The molecule has 0 N–H and O–H groups in total. The van der Waals surface area contributed by atoms with E-state index in [2.05, 4.69) is 52.3 Å². The quantitative estimate of drug-likeness (QED) is 0.386. The Bertz CT molecular complexity index is 679. The van der Waals surface area contributed by atoms with Gasteiger partial charge in [-0.1, -0.05) is 37.3 Å². The number of benzene rings is 2. The van der Waals surface area contributed by atoms with Crippen LogP contribution >= 0.6 is 11.8 Å². The van der Waals surface area contributed by atoms with E-state index in [1.54, 1.807) is 0 Å². The van der Waals surface area contributed by atoms with Crippen LogP contribution in [0.4, 0.5) is 5.69 Å². The van der Waals surface area contributed by atoms with Gasteiger partial charge in [0.15, 0.2) is 5.78 Å². The fourth-order valence-corrected chi connectivity index (χ4v) is 4.13. The molecule has 26 heavy (non-hydrogen) atoms. The molecule has 1 aliphatic heterocycles. The van der Waals surface area contributed by atoms with E-state index in [1.165, 1.54) is 23.5 Å². The maximum Gasteiger partial charge on any atom is 0.162 e. The lowest BCUT2D eigenvalue weighted by molar-refractivity contribution is 0.0988. The van der Waals surface area contributed by atoms with Crippen LogP contribution in [-0.4, -0.2) is 49.2 Å². The van der Waals surface area contributed by atoms with E-state index < -0.39 is 0 Å². The van der Waals surface area contributed by atoms with Crippen LogP contribution in [-0.2, 0) is 0 Å². The molecule has 2 aromatic rings. The number of rotatable bonds is 8. The van der Waals surface area contributed by atoms with Crippen molar-refractivity contribution in [2.75, 3.05) is 43.4 Å². The second-order valence-electron chi connectivity index (χ2n) is 6.67. The van der Waals surface area contributed by atoms with Gasteiger partial charge in [-0.2, -0.15) is 0 Å². The van der Waals surface area contributed by atoms with Crippen LogP contribution in [0.15, 0.2) is 59.5 Å². The maximum atomic E-state index is 11.7. The number of Topliss-reactive ketones (excluding diaryl/α,β-unsaturated/α-hetero) is 1. The number of anilines is 1. The summed E-state index contributed by atoms with van der Waals surface area (Å²) in [4.78, 5) is 18.0. The molecular formula is C22H28N2OS. The standard InChI is InChI=1S/C22H28N2OS/c1-2-22(25)19-9-11-21(12-10-19)26-18-6-13-23-14-16-24(17-15-23)20-7-4-3-5-8-20/h3-5,7-12H,2,6,13-18H2,1H3. The van der Waals surface area contributed by atoms with E-state index in [4.69, 9.17) is 0 Å². The monoisotopic (exact) mass is 368 g/mol. The molecule has 3 nitrogen and oxygen atoms in total. The number of ketones is 1. The van der Waals surface area contributed by atoms with Crippen molar-refractivity contribution in [3.63, 3.8) is 0 Å². The smallest absolute Gasteiger partial charge is 0.162 e. The first kappa shape index (κ1) is 19.0. The van der Waals surface area contributed by atoms with Gasteiger partial charge in [0.1, 0.15) is 0 Å².